The van der Waals surface area contributed by atoms with Gasteiger partial charge in [-0.3, -0.25) is 4.79 Å². The van der Waals surface area contributed by atoms with E-state index in [1.807, 2.05) is 18.4 Å². The molecule has 1 amide bonds. The normalized spacial score (nSPS) is 18.2. The molecule has 0 radical (unpaired) electrons. The number of thioether (sulfide) groups is 1. The first-order chi connectivity index (χ1) is 9.20. The summed E-state index contributed by atoms with van der Waals surface area (Å²) in [5.41, 5.74) is 1.78. The van der Waals surface area contributed by atoms with Crippen molar-refractivity contribution in [1.29, 1.82) is 0 Å². The zero-order valence-electron chi connectivity index (χ0n) is 11.1. The monoisotopic (exact) mass is 336 g/mol. The molecule has 1 aliphatic rings. The number of morpholine rings is 1. The predicted molar refractivity (Wildman–Crippen MR) is 87.2 cm³/mol. The summed E-state index contributed by atoms with van der Waals surface area (Å²) in [4.78, 5) is 12.0. The van der Waals surface area contributed by atoms with Crippen LogP contribution in [0.2, 0.25) is 5.02 Å². The standard InChI is InChI=1S/C13H17ClN2O2S.ClH/c1-19-8-9-6-10(2-3-11(9)14)16-13(17)12-7-15-4-5-18-12;/h2-3,6,12,15H,4-5,7-8H2,1H3,(H,16,17);1H. The lowest BCUT2D eigenvalue weighted by Gasteiger charge is -2.22. The lowest BCUT2D eigenvalue weighted by atomic mass is 10.2. The van der Waals surface area contributed by atoms with Crippen LogP contribution in [-0.4, -0.2) is 38.0 Å². The summed E-state index contributed by atoms with van der Waals surface area (Å²) in [5.74, 6) is 0.703. The molecule has 0 saturated carbocycles. The Bertz CT molecular complexity index is 454. The molecule has 1 aromatic rings. The van der Waals surface area contributed by atoms with Gasteiger partial charge >= 0.3 is 0 Å². The molecule has 0 aliphatic carbocycles. The Kier molecular flexibility index (Phi) is 7.69. The molecule has 2 rings (SSSR count). The molecule has 4 nitrogen and oxygen atoms in total. The second kappa shape index (κ2) is 8.74. The van der Waals surface area contributed by atoms with Crippen LogP contribution in [0, 0.1) is 0 Å². The van der Waals surface area contributed by atoms with Gasteiger partial charge in [0.2, 0.25) is 0 Å². The molecule has 1 fully saturated rings. The highest BCUT2D eigenvalue weighted by atomic mass is 35.5. The van der Waals surface area contributed by atoms with Crippen LogP contribution in [0.1, 0.15) is 5.56 Å². The second-order valence-electron chi connectivity index (χ2n) is 4.29. The number of rotatable bonds is 4. The number of carbonyl (C=O) groups excluding carboxylic acids is 1. The van der Waals surface area contributed by atoms with E-state index in [9.17, 15) is 4.79 Å². The minimum absolute atomic E-state index is 0. The maximum Gasteiger partial charge on any atom is 0.254 e. The zero-order valence-corrected chi connectivity index (χ0v) is 13.5. The van der Waals surface area contributed by atoms with Gasteiger partial charge in [0.1, 0.15) is 6.10 Å². The van der Waals surface area contributed by atoms with Gasteiger partial charge in [0.05, 0.1) is 6.61 Å². The van der Waals surface area contributed by atoms with Crippen molar-refractivity contribution in [2.75, 3.05) is 31.3 Å². The van der Waals surface area contributed by atoms with Crippen LogP contribution in [0.3, 0.4) is 0 Å². The number of ether oxygens (including phenoxy) is 1. The summed E-state index contributed by atoms with van der Waals surface area (Å²) in [6, 6.07) is 5.52. The maximum atomic E-state index is 12.0. The van der Waals surface area contributed by atoms with Crippen LogP contribution < -0.4 is 10.6 Å². The average Bonchev–Trinajstić information content (AvgIpc) is 2.44. The molecule has 0 spiro atoms. The van der Waals surface area contributed by atoms with E-state index in [-0.39, 0.29) is 18.3 Å². The van der Waals surface area contributed by atoms with E-state index in [1.165, 1.54) is 0 Å². The van der Waals surface area contributed by atoms with Crippen molar-refractivity contribution in [3.8, 4) is 0 Å². The van der Waals surface area contributed by atoms with E-state index in [1.54, 1.807) is 17.8 Å². The highest BCUT2D eigenvalue weighted by molar-refractivity contribution is 7.97. The second-order valence-corrected chi connectivity index (χ2v) is 5.57. The number of halogens is 2. The molecule has 1 aromatic carbocycles. The Morgan fingerprint density at radius 1 is 1.60 bits per heavy atom. The molecular formula is C13H18Cl2N2O2S. The van der Waals surface area contributed by atoms with E-state index < -0.39 is 6.10 Å². The van der Waals surface area contributed by atoms with Gasteiger partial charge in [-0.2, -0.15) is 11.8 Å². The third-order valence-electron chi connectivity index (χ3n) is 2.83. The molecule has 2 N–H and O–H groups in total. The summed E-state index contributed by atoms with van der Waals surface area (Å²) in [6.07, 6.45) is 1.59. The number of nitrogens with one attached hydrogen (secondary N) is 2. The summed E-state index contributed by atoms with van der Waals surface area (Å²) in [6.45, 7) is 1.91. The van der Waals surface area contributed by atoms with Gasteiger partial charge in [-0.05, 0) is 30.0 Å². The Balaban J connectivity index is 0.00000200. The largest absolute Gasteiger partial charge is 0.366 e. The van der Waals surface area contributed by atoms with Crippen molar-refractivity contribution in [2.24, 2.45) is 0 Å². The fourth-order valence-corrected chi connectivity index (χ4v) is 2.69. The summed E-state index contributed by atoms with van der Waals surface area (Å²) >= 11 is 7.79. The summed E-state index contributed by atoms with van der Waals surface area (Å²) in [7, 11) is 0. The van der Waals surface area contributed by atoms with Gasteiger partial charge in [-0.15, -0.1) is 12.4 Å². The van der Waals surface area contributed by atoms with Crippen LogP contribution in [0.5, 0.6) is 0 Å². The van der Waals surface area contributed by atoms with Gasteiger partial charge < -0.3 is 15.4 Å². The molecule has 20 heavy (non-hydrogen) atoms. The number of hydrogen-bond donors (Lipinski definition) is 2. The highest BCUT2D eigenvalue weighted by Gasteiger charge is 2.21. The zero-order chi connectivity index (χ0) is 13.7. The first kappa shape index (κ1) is 17.6. The van der Waals surface area contributed by atoms with Gasteiger partial charge in [0.15, 0.2) is 0 Å². The number of amides is 1. The van der Waals surface area contributed by atoms with Crippen molar-refractivity contribution in [3.05, 3.63) is 28.8 Å². The molecule has 0 aromatic heterocycles. The van der Waals surface area contributed by atoms with E-state index in [2.05, 4.69) is 10.6 Å². The molecule has 1 atom stereocenters. The Morgan fingerprint density at radius 2 is 2.40 bits per heavy atom. The molecule has 1 saturated heterocycles. The van der Waals surface area contributed by atoms with Crippen LogP contribution in [-0.2, 0) is 15.3 Å². The van der Waals surface area contributed by atoms with E-state index >= 15 is 0 Å². The Hall–Kier alpha value is -0.460. The van der Waals surface area contributed by atoms with Crippen LogP contribution >= 0.6 is 35.8 Å². The fourth-order valence-electron chi connectivity index (χ4n) is 1.88. The van der Waals surface area contributed by atoms with Crippen LogP contribution in [0.4, 0.5) is 5.69 Å². The average molecular weight is 337 g/mol. The number of carbonyl (C=O) groups is 1. The fraction of sp³-hybridized carbons (Fsp3) is 0.462. The number of hydrogen-bond acceptors (Lipinski definition) is 4. The Labute approximate surface area is 134 Å². The van der Waals surface area contributed by atoms with E-state index in [4.69, 9.17) is 16.3 Å². The van der Waals surface area contributed by atoms with Crippen LogP contribution in [0.25, 0.3) is 0 Å². The number of benzene rings is 1. The quantitative estimate of drug-likeness (QED) is 0.887. The third kappa shape index (κ3) is 4.82. The highest BCUT2D eigenvalue weighted by Crippen LogP contribution is 2.24. The van der Waals surface area contributed by atoms with Crippen LogP contribution in [0.15, 0.2) is 18.2 Å². The van der Waals surface area contributed by atoms with Crippen molar-refractivity contribution in [3.63, 3.8) is 0 Å². The van der Waals surface area contributed by atoms with E-state index in [0.717, 1.165) is 28.6 Å². The lowest BCUT2D eigenvalue weighted by Crippen LogP contribution is -2.45. The molecular weight excluding hydrogens is 319 g/mol. The first-order valence-corrected chi connectivity index (χ1v) is 7.88. The molecule has 1 unspecified atom stereocenters. The van der Waals surface area contributed by atoms with Crippen molar-refractivity contribution in [1.82, 2.24) is 5.32 Å². The SMILES string of the molecule is CSCc1cc(NC(=O)C2CNCCO2)ccc1Cl.Cl. The smallest absolute Gasteiger partial charge is 0.254 e. The van der Waals surface area contributed by atoms with Crippen molar-refractivity contribution in [2.45, 2.75) is 11.9 Å². The third-order valence-corrected chi connectivity index (χ3v) is 3.80. The summed E-state index contributed by atoms with van der Waals surface area (Å²) < 4.78 is 5.41. The molecule has 0 bridgehead atoms. The molecule has 1 heterocycles. The maximum absolute atomic E-state index is 12.0. The van der Waals surface area contributed by atoms with Gasteiger partial charge in [0, 0.05) is 29.6 Å². The van der Waals surface area contributed by atoms with Gasteiger partial charge in [-0.25, -0.2) is 0 Å². The van der Waals surface area contributed by atoms with Crippen molar-refractivity contribution >= 4 is 47.4 Å². The van der Waals surface area contributed by atoms with Gasteiger partial charge in [0.25, 0.3) is 5.91 Å². The molecule has 112 valence electrons. The minimum Gasteiger partial charge on any atom is -0.366 e. The van der Waals surface area contributed by atoms with E-state index in [0.29, 0.717) is 13.2 Å². The number of anilines is 1. The first-order valence-electron chi connectivity index (χ1n) is 6.11. The molecule has 1 aliphatic heterocycles. The predicted octanol–water partition coefficient (Wildman–Crippen LogP) is 2.55. The van der Waals surface area contributed by atoms with Gasteiger partial charge in [-0.1, -0.05) is 11.6 Å². The minimum atomic E-state index is -0.423. The topological polar surface area (TPSA) is 50.4 Å². The Morgan fingerprint density at radius 3 is 3.05 bits per heavy atom. The molecule has 7 heteroatoms. The van der Waals surface area contributed by atoms with Crippen molar-refractivity contribution < 1.29 is 9.53 Å². The summed E-state index contributed by atoms with van der Waals surface area (Å²) in [5, 5.41) is 6.72. The lowest BCUT2D eigenvalue weighted by molar-refractivity contribution is -0.128.